The van der Waals surface area contributed by atoms with Crippen LogP contribution in [0, 0.1) is 6.92 Å². The molecule has 0 aliphatic carbocycles. The predicted molar refractivity (Wildman–Crippen MR) is 134 cm³/mol. The molecular formula is C25H33BrN2O2S. The van der Waals surface area contributed by atoms with Crippen LogP contribution in [0.1, 0.15) is 50.3 Å². The van der Waals surface area contributed by atoms with E-state index in [2.05, 4.69) is 39.4 Å². The van der Waals surface area contributed by atoms with Crippen molar-refractivity contribution in [1.29, 1.82) is 0 Å². The van der Waals surface area contributed by atoms with E-state index in [1.807, 2.05) is 58.0 Å². The highest BCUT2D eigenvalue weighted by Crippen LogP contribution is 2.19. The van der Waals surface area contributed by atoms with Gasteiger partial charge < -0.3 is 10.2 Å². The van der Waals surface area contributed by atoms with Crippen molar-refractivity contribution in [3.63, 3.8) is 0 Å². The van der Waals surface area contributed by atoms with E-state index in [9.17, 15) is 9.59 Å². The number of hydrogen-bond acceptors (Lipinski definition) is 3. The Morgan fingerprint density at radius 1 is 1.06 bits per heavy atom. The van der Waals surface area contributed by atoms with Crippen molar-refractivity contribution in [1.82, 2.24) is 10.2 Å². The Labute approximate surface area is 199 Å². The van der Waals surface area contributed by atoms with Gasteiger partial charge >= 0.3 is 0 Å². The average Bonchev–Trinajstić information content (AvgIpc) is 2.74. The van der Waals surface area contributed by atoms with Gasteiger partial charge in [-0.25, -0.2) is 0 Å². The zero-order valence-corrected chi connectivity index (χ0v) is 21.3. The lowest BCUT2D eigenvalue weighted by Crippen LogP contribution is -2.51. The molecule has 2 atom stereocenters. The summed E-state index contributed by atoms with van der Waals surface area (Å²) in [4.78, 5) is 28.0. The number of aryl methyl sites for hydroxylation is 1. The summed E-state index contributed by atoms with van der Waals surface area (Å²) in [6, 6.07) is 15.9. The summed E-state index contributed by atoms with van der Waals surface area (Å²) in [5, 5.41) is 3.06. The molecule has 0 fully saturated rings. The Morgan fingerprint density at radius 3 is 2.39 bits per heavy atom. The van der Waals surface area contributed by atoms with E-state index in [0.29, 0.717) is 18.7 Å². The average molecular weight is 506 g/mol. The first-order valence-corrected chi connectivity index (χ1v) is 12.8. The van der Waals surface area contributed by atoms with E-state index in [1.165, 1.54) is 5.56 Å². The third-order valence-electron chi connectivity index (χ3n) is 5.23. The van der Waals surface area contributed by atoms with Crippen LogP contribution in [0.25, 0.3) is 0 Å². The van der Waals surface area contributed by atoms with Crippen molar-refractivity contribution in [2.75, 3.05) is 5.75 Å². The number of thioether (sulfide) groups is 1. The number of hydrogen-bond donors (Lipinski definition) is 1. The topological polar surface area (TPSA) is 49.4 Å². The molecule has 6 heteroatoms. The molecule has 1 N–H and O–H groups in total. The molecule has 2 aromatic rings. The van der Waals surface area contributed by atoms with Gasteiger partial charge in [0.05, 0.1) is 5.75 Å². The molecule has 2 amide bonds. The highest BCUT2D eigenvalue weighted by atomic mass is 79.9. The van der Waals surface area contributed by atoms with Gasteiger partial charge in [0.25, 0.3) is 0 Å². The third kappa shape index (κ3) is 8.34. The first-order chi connectivity index (χ1) is 14.8. The van der Waals surface area contributed by atoms with Gasteiger partial charge in [-0.05, 0) is 49.9 Å². The maximum Gasteiger partial charge on any atom is 0.243 e. The zero-order chi connectivity index (χ0) is 22.8. The zero-order valence-electron chi connectivity index (χ0n) is 18.9. The van der Waals surface area contributed by atoms with Crippen molar-refractivity contribution < 1.29 is 9.59 Å². The molecule has 168 valence electrons. The van der Waals surface area contributed by atoms with E-state index in [-0.39, 0.29) is 17.9 Å². The third-order valence-corrected chi connectivity index (χ3v) is 6.75. The van der Waals surface area contributed by atoms with Gasteiger partial charge in [0.15, 0.2) is 0 Å². The van der Waals surface area contributed by atoms with E-state index in [4.69, 9.17) is 0 Å². The van der Waals surface area contributed by atoms with Gasteiger partial charge in [-0.2, -0.15) is 0 Å². The number of rotatable bonds is 11. The maximum atomic E-state index is 13.3. The van der Waals surface area contributed by atoms with Crippen LogP contribution in [-0.2, 0) is 21.9 Å². The van der Waals surface area contributed by atoms with Crippen LogP contribution in [0.4, 0.5) is 0 Å². The molecule has 31 heavy (non-hydrogen) atoms. The number of nitrogens with zero attached hydrogens (tertiary/aromatic N) is 1. The Kier molecular flexibility index (Phi) is 10.6. The van der Waals surface area contributed by atoms with Gasteiger partial charge in [0.2, 0.25) is 11.8 Å². The molecule has 0 heterocycles. The molecule has 0 aromatic heterocycles. The number of carbonyl (C=O) groups excluding carboxylic acids is 2. The molecule has 0 spiro atoms. The number of carbonyl (C=O) groups is 2. The van der Waals surface area contributed by atoms with E-state index < -0.39 is 6.04 Å². The summed E-state index contributed by atoms with van der Waals surface area (Å²) in [5.74, 6) is 1.02. The van der Waals surface area contributed by atoms with E-state index in [1.54, 1.807) is 16.7 Å². The summed E-state index contributed by atoms with van der Waals surface area (Å²) < 4.78 is 1.04. The Morgan fingerprint density at radius 2 is 1.77 bits per heavy atom. The largest absolute Gasteiger partial charge is 0.352 e. The standard InChI is InChI=1S/C25H33BrN2O2S/c1-5-19(4)27-25(30)23(6-2)28(15-21-9-7-8-18(3)14-21)24(29)17-31-16-20-10-12-22(26)13-11-20/h7-14,19,23H,5-6,15-17H2,1-4H3,(H,27,30)/t19-,23+/m0/s1. The summed E-state index contributed by atoms with van der Waals surface area (Å²) >= 11 is 5.03. The second-order valence-corrected chi connectivity index (χ2v) is 9.77. The molecule has 0 aliphatic rings. The van der Waals surface area contributed by atoms with Crippen molar-refractivity contribution >= 4 is 39.5 Å². The van der Waals surface area contributed by atoms with Crippen molar-refractivity contribution in [2.24, 2.45) is 0 Å². The van der Waals surface area contributed by atoms with Crippen LogP contribution in [-0.4, -0.2) is 34.6 Å². The van der Waals surface area contributed by atoms with Crippen LogP contribution in [0.3, 0.4) is 0 Å². The minimum absolute atomic E-state index is 0.00484. The van der Waals surface area contributed by atoms with Crippen molar-refractivity contribution in [3.05, 3.63) is 69.7 Å². The summed E-state index contributed by atoms with van der Waals surface area (Å²) in [6.07, 6.45) is 1.44. The minimum atomic E-state index is -0.477. The monoisotopic (exact) mass is 504 g/mol. The lowest BCUT2D eigenvalue weighted by Gasteiger charge is -2.31. The SMILES string of the molecule is CC[C@H](C(=O)N[C@@H](C)CC)N(Cc1cccc(C)c1)C(=O)CSCc1ccc(Br)cc1. The van der Waals surface area contributed by atoms with Crippen LogP contribution in [0.2, 0.25) is 0 Å². The Balaban J connectivity index is 2.13. The quantitative estimate of drug-likeness (QED) is 0.426. The molecule has 0 radical (unpaired) electrons. The van der Waals surface area contributed by atoms with Gasteiger partial charge in [-0.15, -0.1) is 11.8 Å². The molecule has 0 bridgehead atoms. The Hall–Kier alpha value is -1.79. The molecule has 2 rings (SSSR count). The van der Waals surface area contributed by atoms with Crippen LogP contribution >= 0.6 is 27.7 Å². The number of halogens is 1. The van der Waals surface area contributed by atoms with Gasteiger partial charge in [-0.1, -0.05) is 71.7 Å². The summed E-state index contributed by atoms with van der Waals surface area (Å²) in [7, 11) is 0. The summed E-state index contributed by atoms with van der Waals surface area (Å²) in [6.45, 7) is 8.47. The fourth-order valence-corrected chi connectivity index (χ4v) is 4.42. The Bertz CT molecular complexity index is 857. The molecule has 0 saturated heterocycles. The number of amides is 2. The maximum absolute atomic E-state index is 13.3. The highest BCUT2D eigenvalue weighted by molar-refractivity contribution is 9.10. The fraction of sp³-hybridized carbons (Fsp3) is 0.440. The first kappa shape index (κ1) is 25.5. The van der Waals surface area contributed by atoms with Crippen molar-refractivity contribution in [3.8, 4) is 0 Å². The molecule has 0 saturated carbocycles. The second kappa shape index (κ2) is 12.9. The number of benzene rings is 2. The van der Waals surface area contributed by atoms with Gasteiger partial charge in [0, 0.05) is 22.8 Å². The summed E-state index contributed by atoms with van der Waals surface area (Å²) in [5.41, 5.74) is 3.36. The fourth-order valence-electron chi connectivity index (χ4n) is 3.29. The van der Waals surface area contributed by atoms with Crippen LogP contribution in [0.15, 0.2) is 53.0 Å². The number of nitrogens with one attached hydrogen (secondary N) is 1. The lowest BCUT2D eigenvalue weighted by atomic mass is 10.1. The molecule has 4 nitrogen and oxygen atoms in total. The van der Waals surface area contributed by atoms with Crippen LogP contribution in [0.5, 0.6) is 0 Å². The van der Waals surface area contributed by atoms with Crippen LogP contribution < -0.4 is 5.32 Å². The lowest BCUT2D eigenvalue weighted by molar-refractivity contribution is -0.139. The normalized spacial score (nSPS) is 12.8. The smallest absolute Gasteiger partial charge is 0.243 e. The predicted octanol–water partition coefficient (Wildman–Crippen LogP) is 5.71. The first-order valence-electron chi connectivity index (χ1n) is 10.8. The van der Waals surface area contributed by atoms with Gasteiger partial charge in [-0.3, -0.25) is 9.59 Å². The second-order valence-electron chi connectivity index (χ2n) is 7.87. The van der Waals surface area contributed by atoms with Crippen molar-refractivity contribution in [2.45, 2.75) is 64.9 Å². The minimum Gasteiger partial charge on any atom is -0.352 e. The molecular weight excluding hydrogens is 472 g/mol. The highest BCUT2D eigenvalue weighted by Gasteiger charge is 2.29. The van der Waals surface area contributed by atoms with Gasteiger partial charge in [0.1, 0.15) is 6.04 Å². The van der Waals surface area contributed by atoms with E-state index in [0.717, 1.165) is 27.8 Å². The molecule has 0 unspecified atom stereocenters. The van der Waals surface area contributed by atoms with E-state index >= 15 is 0 Å². The molecule has 0 aliphatic heterocycles. The molecule has 2 aromatic carbocycles.